The molecule has 4 rings (SSSR count). The van der Waals surface area contributed by atoms with Gasteiger partial charge in [0.25, 0.3) is 5.91 Å². The first kappa shape index (κ1) is 21.8. The van der Waals surface area contributed by atoms with Gasteiger partial charge >= 0.3 is 6.03 Å². The van der Waals surface area contributed by atoms with Gasteiger partial charge in [0.15, 0.2) is 0 Å². The summed E-state index contributed by atoms with van der Waals surface area (Å²) in [5.74, 6) is 0.726. The lowest BCUT2D eigenvalue weighted by atomic mass is 10.1. The van der Waals surface area contributed by atoms with Gasteiger partial charge in [0.05, 0.1) is 0 Å². The number of aromatic nitrogens is 1. The van der Waals surface area contributed by atoms with Gasteiger partial charge in [-0.3, -0.25) is 19.4 Å². The van der Waals surface area contributed by atoms with E-state index in [4.69, 9.17) is 0 Å². The third kappa shape index (κ3) is 4.17. The summed E-state index contributed by atoms with van der Waals surface area (Å²) in [6, 6.07) is 8.92. The van der Waals surface area contributed by atoms with Crippen LogP contribution in [-0.2, 0) is 11.2 Å². The third-order valence-electron chi connectivity index (χ3n) is 6.20. The minimum Gasteiger partial charge on any atom is -0.353 e. The van der Waals surface area contributed by atoms with Crippen LogP contribution in [0.15, 0.2) is 36.5 Å². The predicted molar refractivity (Wildman–Crippen MR) is 123 cm³/mol. The standard InChI is InChI=1S/C24H29N5O3/c1-4-19-15-17(2)22(25-16-19)26-9-11-27(12-10-26)23(31)20-5-7-21(8-6-20)29-14-13-28(18(3)30)24(29)32/h5-8,15-16H,4,9-14H2,1-3H3. The molecule has 0 atom stereocenters. The van der Waals surface area contributed by atoms with Crippen LogP contribution in [-0.4, -0.2) is 71.9 Å². The third-order valence-corrected chi connectivity index (χ3v) is 6.20. The molecule has 0 N–H and O–H groups in total. The van der Waals surface area contributed by atoms with Gasteiger partial charge in [0.2, 0.25) is 5.91 Å². The van der Waals surface area contributed by atoms with Crippen LogP contribution in [0.3, 0.4) is 0 Å². The Hall–Kier alpha value is -3.42. The van der Waals surface area contributed by atoms with E-state index in [1.165, 1.54) is 23.0 Å². The number of nitrogens with zero attached hydrogens (tertiary/aromatic N) is 5. The van der Waals surface area contributed by atoms with E-state index in [1.807, 2.05) is 11.1 Å². The Bertz CT molecular complexity index is 1030. The summed E-state index contributed by atoms with van der Waals surface area (Å²) in [5, 5.41) is 0. The normalized spacial score (nSPS) is 16.7. The van der Waals surface area contributed by atoms with Crippen LogP contribution in [0.25, 0.3) is 0 Å². The average Bonchev–Trinajstić information content (AvgIpc) is 3.20. The number of amides is 4. The van der Waals surface area contributed by atoms with Crippen LogP contribution in [0.5, 0.6) is 0 Å². The molecule has 0 radical (unpaired) electrons. The second kappa shape index (κ2) is 8.98. The van der Waals surface area contributed by atoms with Crippen LogP contribution in [0, 0.1) is 6.92 Å². The van der Waals surface area contributed by atoms with E-state index in [9.17, 15) is 14.4 Å². The highest BCUT2D eigenvalue weighted by Crippen LogP contribution is 2.23. The van der Waals surface area contributed by atoms with Crippen molar-refractivity contribution in [1.29, 1.82) is 0 Å². The highest BCUT2D eigenvalue weighted by Gasteiger charge is 2.32. The van der Waals surface area contributed by atoms with Gasteiger partial charge in [-0.15, -0.1) is 0 Å². The summed E-state index contributed by atoms with van der Waals surface area (Å²) in [7, 11) is 0. The first-order valence-electron chi connectivity index (χ1n) is 11.1. The number of anilines is 2. The van der Waals surface area contributed by atoms with Gasteiger partial charge in [-0.1, -0.05) is 13.0 Å². The quantitative estimate of drug-likeness (QED) is 0.738. The van der Waals surface area contributed by atoms with E-state index in [2.05, 4.69) is 29.8 Å². The maximum Gasteiger partial charge on any atom is 0.331 e. The van der Waals surface area contributed by atoms with Gasteiger partial charge in [-0.05, 0) is 48.7 Å². The lowest BCUT2D eigenvalue weighted by Gasteiger charge is -2.36. The molecule has 0 unspecified atom stereocenters. The van der Waals surface area contributed by atoms with Crippen molar-refractivity contribution < 1.29 is 14.4 Å². The maximum atomic E-state index is 13.0. The Labute approximate surface area is 188 Å². The lowest BCUT2D eigenvalue weighted by Crippen LogP contribution is -2.49. The zero-order valence-electron chi connectivity index (χ0n) is 18.9. The van der Waals surface area contributed by atoms with Crippen LogP contribution >= 0.6 is 0 Å². The second-order valence-corrected chi connectivity index (χ2v) is 8.27. The molecule has 4 amide bonds. The molecular formula is C24H29N5O3. The molecular weight excluding hydrogens is 406 g/mol. The van der Waals surface area contributed by atoms with Crippen molar-refractivity contribution >= 4 is 29.4 Å². The Kier molecular flexibility index (Phi) is 6.12. The van der Waals surface area contributed by atoms with Crippen LogP contribution in [0.1, 0.15) is 35.3 Å². The summed E-state index contributed by atoms with van der Waals surface area (Å²) >= 11 is 0. The monoisotopic (exact) mass is 435 g/mol. The van der Waals surface area contributed by atoms with Crippen molar-refractivity contribution in [2.45, 2.75) is 27.2 Å². The average molecular weight is 436 g/mol. The number of hydrogen-bond donors (Lipinski definition) is 0. The molecule has 2 fully saturated rings. The fraction of sp³-hybridized carbons (Fsp3) is 0.417. The van der Waals surface area contributed by atoms with Crippen LogP contribution in [0.4, 0.5) is 16.3 Å². The minimum absolute atomic E-state index is 0.0136. The van der Waals surface area contributed by atoms with Gasteiger partial charge in [-0.2, -0.15) is 0 Å². The van der Waals surface area contributed by atoms with Crippen molar-refractivity contribution in [3.05, 3.63) is 53.2 Å². The molecule has 2 aliphatic heterocycles. The van der Waals surface area contributed by atoms with E-state index in [-0.39, 0.29) is 17.8 Å². The zero-order valence-corrected chi connectivity index (χ0v) is 18.9. The second-order valence-electron chi connectivity index (χ2n) is 8.27. The number of piperazine rings is 1. The van der Waals surface area contributed by atoms with E-state index >= 15 is 0 Å². The molecule has 168 valence electrons. The van der Waals surface area contributed by atoms with Gasteiger partial charge in [0.1, 0.15) is 5.82 Å². The van der Waals surface area contributed by atoms with E-state index in [1.54, 1.807) is 29.2 Å². The first-order valence-corrected chi connectivity index (χ1v) is 11.1. The number of urea groups is 1. The molecule has 1 aromatic heterocycles. The Morgan fingerprint density at radius 3 is 2.25 bits per heavy atom. The van der Waals surface area contributed by atoms with Gasteiger partial charge < -0.3 is 9.80 Å². The van der Waals surface area contributed by atoms with Crippen molar-refractivity contribution in [3.8, 4) is 0 Å². The summed E-state index contributed by atoms with van der Waals surface area (Å²) in [4.78, 5) is 48.4. The smallest absolute Gasteiger partial charge is 0.331 e. The molecule has 0 spiro atoms. The molecule has 1 aromatic carbocycles. The van der Waals surface area contributed by atoms with Crippen molar-refractivity contribution in [2.24, 2.45) is 0 Å². The summed E-state index contributed by atoms with van der Waals surface area (Å²) < 4.78 is 0. The zero-order chi connectivity index (χ0) is 22.8. The molecule has 2 aromatic rings. The number of rotatable bonds is 4. The number of benzene rings is 1. The number of imide groups is 1. The summed E-state index contributed by atoms with van der Waals surface area (Å²) in [5.41, 5.74) is 3.68. The van der Waals surface area contributed by atoms with E-state index in [0.717, 1.165) is 25.3 Å². The topological polar surface area (TPSA) is 77.1 Å². The SMILES string of the molecule is CCc1cnc(N2CCN(C(=O)c3ccc(N4CCN(C(C)=O)C4=O)cc3)CC2)c(C)c1. The fourth-order valence-electron chi connectivity index (χ4n) is 4.31. The Balaban J connectivity index is 1.37. The number of aryl methyl sites for hydroxylation is 2. The van der Waals surface area contributed by atoms with Gasteiger partial charge in [0, 0.05) is 63.6 Å². The number of carbonyl (C=O) groups is 3. The fourth-order valence-corrected chi connectivity index (χ4v) is 4.31. The Morgan fingerprint density at radius 1 is 1.00 bits per heavy atom. The largest absolute Gasteiger partial charge is 0.353 e. The number of pyridine rings is 1. The highest BCUT2D eigenvalue weighted by atomic mass is 16.2. The van der Waals surface area contributed by atoms with E-state index in [0.29, 0.717) is 37.4 Å². The molecule has 8 nitrogen and oxygen atoms in total. The minimum atomic E-state index is -0.316. The van der Waals surface area contributed by atoms with Crippen LogP contribution < -0.4 is 9.80 Å². The van der Waals surface area contributed by atoms with Crippen molar-refractivity contribution in [1.82, 2.24) is 14.8 Å². The molecule has 2 saturated heterocycles. The molecule has 0 saturated carbocycles. The molecule has 3 heterocycles. The lowest BCUT2D eigenvalue weighted by molar-refractivity contribution is -0.125. The predicted octanol–water partition coefficient (Wildman–Crippen LogP) is 2.70. The van der Waals surface area contributed by atoms with E-state index < -0.39 is 0 Å². The molecule has 8 heteroatoms. The highest BCUT2D eigenvalue weighted by molar-refractivity contribution is 6.04. The van der Waals surface area contributed by atoms with Crippen LogP contribution in [0.2, 0.25) is 0 Å². The number of carbonyl (C=O) groups excluding carboxylic acids is 3. The summed E-state index contributed by atoms with van der Waals surface area (Å²) in [6.07, 6.45) is 2.90. The van der Waals surface area contributed by atoms with Gasteiger partial charge in [-0.25, -0.2) is 9.78 Å². The van der Waals surface area contributed by atoms with Crippen molar-refractivity contribution in [3.63, 3.8) is 0 Å². The first-order chi connectivity index (χ1) is 15.4. The molecule has 32 heavy (non-hydrogen) atoms. The molecule has 0 bridgehead atoms. The molecule has 0 aliphatic carbocycles. The Morgan fingerprint density at radius 2 is 1.69 bits per heavy atom. The summed E-state index contributed by atoms with van der Waals surface area (Å²) in [6.45, 7) is 9.19. The number of hydrogen-bond acceptors (Lipinski definition) is 5. The molecule has 2 aliphatic rings. The van der Waals surface area contributed by atoms with Crippen molar-refractivity contribution in [2.75, 3.05) is 49.1 Å². The maximum absolute atomic E-state index is 13.0.